The Bertz CT molecular complexity index is 428. The third-order valence-electron chi connectivity index (χ3n) is 2.50. The predicted molar refractivity (Wildman–Crippen MR) is 80.9 cm³/mol. The van der Waals surface area contributed by atoms with Gasteiger partial charge in [-0.15, -0.1) is 0 Å². The van der Waals surface area contributed by atoms with Gasteiger partial charge in [0.05, 0.1) is 0 Å². The smallest absolute Gasteiger partial charge is 0.216 e. The lowest BCUT2D eigenvalue weighted by molar-refractivity contribution is -0.118. The van der Waals surface area contributed by atoms with E-state index in [4.69, 9.17) is 0 Å². The molecule has 2 rings (SSSR count). The Morgan fingerprint density at radius 1 is 0.895 bits per heavy atom. The topological polar surface area (TPSA) is 29.1 Å². The van der Waals surface area contributed by atoms with Gasteiger partial charge in [-0.05, 0) is 17.5 Å². The zero-order chi connectivity index (χ0) is 13.9. The Kier molecular flexibility index (Phi) is 7.03. The van der Waals surface area contributed by atoms with Crippen molar-refractivity contribution in [3.05, 3.63) is 60.7 Å². The molecule has 0 saturated heterocycles. The molecule has 2 nitrogen and oxygen atoms in total. The fourth-order valence-corrected chi connectivity index (χ4v) is 1.56. The molecule has 0 bridgehead atoms. The van der Waals surface area contributed by atoms with Gasteiger partial charge in [-0.3, -0.25) is 4.79 Å². The van der Waals surface area contributed by atoms with Crippen LogP contribution in [0.2, 0.25) is 0 Å². The van der Waals surface area contributed by atoms with Crippen LogP contribution in [0.4, 0.5) is 0 Å². The number of nitrogens with one attached hydrogen (secondary N) is 1. The number of carbonyl (C=O) groups excluding carboxylic acids is 1. The van der Waals surface area contributed by atoms with Crippen molar-refractivity contribution in [1.82, 2.24) is 5.32 Å². The molecule has 0 aliphatic rings. The molecule has 2 heteroatoms. The van der Waals surface area contributed by atoms with Crippen LogP contribution in [0.5, 0.6) is 0 Å². The van der Waals surface area contributed by atoms with E-state index in [1.54, 1.807) is 0 Å². The van der Waals surface area contributed by atoms with Crippen LogP contribution in [-0.4, -0.2) is 12.5 Å². The van der Waals surface area contributed by atoms with Crippen LogP contribution in [0.15, 0.2) is 60.7 Å². The summed E-state index contributed by atoms with van der Waals surface area (Å²) < 4.78 is 0. The molecule has 0 aliphatic carbocycles. The number of amides is 1. The van der Waals surface area contributed by atoms with E-state index in [1.165, 1.54) is 18.1 Å². The van der Waals surface area contributed by atoms with Crippen LogP contribution in [0.25, 0.3) is 11.1 Å². The molecule has 19 heavy (non-hydrogen) atoms. The van der Waals surface area contributed by atoms with E-state index >= 15 is 0 Å². The minimum absolute atomic E-state index is 0.0573. The summed E-state index contributed by atoms with van der Waals surface area (Å²) in [5, 5.41) is 2.66. The minimum atomic E-state index is 0.0573. The van der Waals surface area contributed by atoms with E-state index in [0.29, 0.717) is 0 Å². The standard InChI is InChI=1S/C12H10.C5H11NO/c1-3-7-11(8-4-1)12-9-5-2-6-10-12;1-3-4-6-5(2)7/h1-10H;3-4H2,1-2H3,(H,6,7). The van der Waals surface area contributed by atoms with Gasteiger partial charge in [0.15, 0.2) is 0 Å². The molecule has 0 saturated carbocycles. The van der Waals surface area contributed by atoms with Crippen LogP contribution in [0, 0.1) is 0 Å². The van der Waals surface area contributed by atoms with Crippen molar-refractivity contribution in [3.63, 3.8) is 0 Å². The molecule has 0 radical (unpaired) electrons. The van der Waals surface area contributed by atoms with Crippen molar-refractivity contribution in [2.75, 3.05) is 6.54 Å². The van der Waals surface area contributed by atoms with Crippen LogP contribution in [-0.2, 0) is 4.79 Å². The van der Waals surface area contributed by atoms with E-state index in [2.05, 4.69) is 53.8 Å². The molecule has 0 unspecified atom stereocenters. The molecule has 100 valence electrons. The van der Waals surface area contributed by atoms with Gasteiger partial charge in [0, 0.05) is 13.5 Å². The summed E-state index contributed by atoms with van der Waals surface area (Å²) in [6.45, 7) is 4.35. The van der Waals surface area contributed by atoms with E-state index in [9.17, 15) is 4.79 Å². The molecule has 2 aromatic carbocycles. The van der Waals surface area contributed by atoms with Gasteiger partial charge in [-0.25, -0.2) is 0 Å². The molecular weight excluding hydrogens is 234 g/mol. The van der Waals surface area contributed by atoms with Crippen LogP contribution >= 0.6 is 0 Å². The molecule has 2 aromatic rings. The molecule has 0 fully saturated rings. The summed E-state index contributed by atoms with van der Waals surface area (Å²) in [6.07, 6.45) is 1.01. The third kappa shape index (κ3) is 6.41. The maximum atomic E-state index is 10.1. The highest BCUT2D eigenvalue weighted by Crippen LogP contribution is 2.17. The maximum Gasteiger partial charge on any atom is 0.216 e. The third-order valence-corrected chi connectivity index (χ3v) is 2.50. The van der Waals surface area contributed by atoms with Crippen molar-refractivity contribution < 1.29 is 4.79 Å². The zero-order valence-corrected chi connectivity index (χ0v) is 11.6. The van der Waals surface area contributed by atoms with E-state index in [0.717, 1.165) is 13.0 Å². The number of carbonyl (C=O) groups is 1. The monoisotopic (exact) mass is 255 g/mol. The number of benzene rings is 2. The van der Waals surface area contributed by atoms with Gasteiger partial charge in [0.2, 0.25) is 5.91 Å². The highest BCUT2D eigenvalue weighted by molar-refractivity contribution is 5.72. The van der Waals surface area contributed by atoms with Crippen LogP contribution < -0.4 is 5.32 Å². The highest BCUT2D eigenvalue weighted by Gasteiger charge is 1.91. The zero-order valence-electron chi connectivity index (χ0n) is 11.6. The first-order valence-electron chi connectivity index (χ1n) is 6.59. The predicted octanol–water partition coefficient (Wildman–Crippen LogP) is 3.89. The summed E-state index contributed by atoms with van der Waals surface area (Å²) in [5.41, 5.74) is 2.55. The Hall–Kier alpha value is -2.09. The molecule has 1 N–H and O–H groups in total. The average molecular weight is 255 g/mol. The second kappa shape index (κ2) is 8.92. The number of hydrogen-bond acceptors (Lipinski definition) is 1. The van der Waals surface area contributed by atoms with Crippen molar-refractivity contribution in [2.45, 2.75) is 20.3 Å². The summed E-state index contributed by atoms with van der Waals surface area (Å²) in [5.74, 6) is 0.0573. The van der Waals surface area contributed by atoms with Gasteiger partial charge in [0.1, 0.15) is 0 Å². The van der Waals surface area contributed by atoms with Gasteiger partial charge in [-0.1, -0.05) is 67.6 Å². The van der Waals surface area contributed by atoms with E-state index in [1.807, 2.05) is 19.1 Å². The Labute approximate surface area is 115 Å². The number of rotatable bonds is 3. The normalized spacial score (nSPS) is 9.16. The van der Waals surface area contributed by atoms with Gasteiger partial charge in [0.25, 0.3) is 0 Å². The molecule has 0 aliphatic heterocycles. The summed E-state index contributed by atoms with van der Waals surface area (Å²) in [6, 6.07) is 20.8. The molecule has 0 spiro atoms. The second-order valence-electron chi connectivity index (χ2n) is 4.22. The fourth-order valence-electron chi connectivity index (χ4n) is 1.56. The molecule has 0 aromatic heterocycles. The fraction of sp³-hybridized carbons (Fsp3) is 0.235. The van der Waals surface area contributed by atoms with Crippen LogP contribution in [0.3, 0.4) is 0 Å². The highest BCUT2D eigenvalue weighted by atomic mass is 16.1. The maximum absolute atomic E-state index is 10.1. The quantitative estimate of drug-likeness (QED) is 0.885. The molecular formula is C17H21NO. The Morgan fingerprint density at radius 3 is 1.58 bits per heavy atom. The second-order valence-corrected chi connectivity index (χ2v) is 4.22. The number of hydrogen-bond donors (Lipinski definition) is 1. The summed E-state index contributed by atoms with van der Waals surface area (Å²) in [7, 11) is 0. The van der Waals surface area contributed by atoms with Crippen molar-refractivity contribution in [3.8, 4) is 11.1 Å². The molecule has 0 heterocycles. The van der Waals surface area contributed by atoms with Crippen LogP contribution in [0.1, 0.15) is 20.3 Å². The first-order valence-corrected chi connectivity index (χ1v) is 6.59. The Balaban J connectivity index is 0.000000224. The van der Waals surface area contributed by atoms with Gasteiger partial charge < -0.3 is 5.32 Å². The average Bonchev–Trinajstić information content (AvgIpc) is 2.47. The largest absolute Gasteiger partial charge is 0.356 e. The SMILES string of the molecule is CCCNC(C)=O.c1ccc(-c2ccccc2)cc1. The van der Waals surface area contributed by atoms with E-state index in [-0.39, 0.29) is 5.91 Å². The van der Waals surface area contributed by atoms with Crippen molar-refractivity contribution >= 4 is 5.91 Å². The lowest BCUT2D eigenvalue weighted by atomic mass is 10.1. The summed E-state index contributed by atoms with van der Waals surface area (Å²) in [4.78, 5) is 10.1. The Morgan fingerprint density at radius 2 is 1.32 bits per heavy atom. The summed E-state index contributed by atoms with van der Waals surface area (Å²) >= 11 is 0. The molecule has 1 amide bonds. The lowest BCUT2D eigenvalue weighted by Gasteiger charge is -1.98. The first-order chi connectivity index (χ1) is 9.24. The van der Waals surface area contributed by atoms with Crippen molar-refractivity contribution in [1.29, 1.82) is 0 Å². The first kappa shape index (κ1) is 15.0. The van der Waals surface area contributed by atoms with Crippen molar-refractivity contribution in [2.24, 2.45) is 0 Å². The van der Waals surface area contributed by atoms with Gasteiger partial charge in [-0.2, -0.15) is 0 Å². The lowest BCUT2D eigenvalue weighted by Crippen LogP contribution is -2.19. The van der Waals surface area contributed by atoms with E-state index < -0.39 is 0 Å². The minimum Gasteiger partial charge on any atom is -0.356 e. The molecule has 0 atom stereocenters. The van der Waals surface area contributed by atoms with Gasteiger partial charge >= 0.3 is 0 Å².